The zero-order valence-corrected chi connectivity index (χ0v) is 13.2. The van der Waals surface area contributed by atoms with Crippen LogP contribution in [0.4, 0.5) is 0 Å². The molecule has 1 aliphatic heterocycles. The molecule has 6 heteroatoms. The summed E-state index contributed by atoms with van der Waals surface area (Å²) in [6.45, 7) is 5.04. The Hall–Kier alpha value is -1.30. The largest absolute Gasteiger partial charge is 0.409 e. The third kappa shape index (κ3) is 3.00. The number of rotatable bonds is 5. The lowest BCUT2D eigenvalue weighted by atomic mass is 9.83. The summed E-state index contributed by atoms with van der Waals surface area (Å²) in [7, 11) is 1.85. The first-order valence-corrected chi connectivity index (χ1v) is 8.02. The fourth-order valence-corrected chi connectivity index (χ4v) is 3.94. The van der Waals surface area contributed by atoms with Gasteiger partial charge in [-0.25, -0.2) is 0 Å². The summed E-state index contributed by atoms with van der Waals surface area (Å²) in [6.07, 6.45) is 5.64. The summed E-state index contributed by atoms with van der Waals surface area (Å²) < 4.78 is 0. The van der Waals surface area contributed by atoms with Gasteiger partial charge in [0.05, 0.1) is 0 Å². The number of likely N-dealkylation sites (tertiary alicyclic amines) is 1. The first-order chi connectivity index (χ1) is 10.0. The van der Waals surface area contributed by atoms with Crippen molar-refractivity contribution in [1.82, 2.24) is 9.80 Å². The Balaban J connectivity index is 2.07. The number of oxime groups is 1. The fourth-order valence-electron chi connectivity index (χ4n) is 3.94. The molecule has 1 saturated heterocycles. The van der Waals surface area contributed by atoms with Crippen LogP contribution in [0.1, 0.15) is 45.4 Å². The maximum atomic E-state index is 12.9. The van der Waals surface area contributed by atoms with Crippen molar-refractivity contribution in [2.24, 2.45) is 16.3 Å². The molecule has 120 valence electrons. The molecule has 1 saturated carbocycles. The van der Waals surface area contributed by atoms with Crippen molar-refractivity contribution in [3.8, 4) is 0 Å². The molecule has 0 aromatic rings. The highest BCUT2D eigenvalue weighted by molar-refractivity contribution is 6.06. The van der Waals surface area contributed by atoms with Crippen LogP contribution in [0.5, 0.6) is 0 Å². The van der Waals surface area contributed by atoms with Crippen molar-refractivity contribution < 1.29 is 10.0 Å². The van der Waals surface area contributed by atoms with E-state index in [4.69, 9.17) is 10.9 Å². The summed E-state index contributed by atoms with van der Waals surface area (Å²) in [6, 6.07) is 0.440. The SMILES string of the molecule is CCN1CCCC1CN(C)C(=O)C1(C(N)=NO)CCCC1. The second-order valence-corrected chi connectivity index (χ2v) is 6.38. The Kier molecular flexibility index (Phi) is 5.08. The van der Waals surface area contributed by atoms with E-state index in [2.05, 4.69) is 17.0 Å². The first kappa shape index (κ1) is 16.1. The maximum absolute atomic E-state index is 12.9. The van der Waals surface area contributed by atoms with Crippen LogP contribution in [0.25, 0.3) is 0 Å². The Bertz CT molecular complexity index is 404. The number of amides is 1. The normalized spacial score (nSPS) is 26.2. The Morgan fingerprint density at radius 1 is 1.43 bits per heavy atom. The molecule has 2 aliphatic rings. The third-order valence-electron chi connectivity index (χ3n) is 5.20. The predicted molar refractivity (Wildman–Crippen MR) is 82.2 cm³/mol. The lowest BCUT2D eigenvalue weighted by Gasteiger charge is -2.34. The topological polar surface area (TPSA) is 82.2 Å². The number of hydrogen-bond acceptors (Lipinski definition) is 4. The third-order valence-corrected chi connectivity index (χ3v) is 5.20. The van der Waals surface area contributed by atoms with Gasteiger partial charge in [0.25, 0.3) is 0 Å². The summed E-state index contributed by atoms with van der Waals surface area (Å²) in [5, 5.41) is 12.2. The smallest absolute Gasteiger partial charge is 0.236 e. The molecule has 6 nitrogen and oxygen atoms in total. The van der Waals surface area contributed by atoms with Gasteiger partial charge in [0, 0.05) is 19.6 Å². The summed E-state index contributed by atoms with van der Waals surface area (Å²) in [4.78, 5) is 17.1. The van der Waals surface area contributed by atoms with Crippen LogP contribution in [0.15, 0.2) is 5.16 Å². The average molecular weight is 296 g/mol. The van der Waals surface area contributed by atoms with Crippen LogP contribution in [0.2, 0.25) is 0 Å². The van der Waals surface area contributed by atoms with Gasteiger partial charge in [-0.1, -0.05) is 24.9 Å². The second-order valence-electron chi connectivity index (χ2n) is 6.38. The summed E-state index contributed by atoms with van der Waals surface area (Å²) in [5.41, 5.74) is 5.08. The molecule has 1 aliphatic carbocycles. The number of nitrogens with zero attached hydrogens (tertiary/aromatic N) is 3. The molecule has 3 N–H and O–H groups in total. The number of hydrogen-bond donors (Lipinski definition) is 2. The highest BCUT2D eigenvalue weighted by Gasteiger charge is 2.47. The molecule has 1 heterocycles. The molecule has 0 aromatic carbocycles. The zero-order chi connectivity index (χ0) is 15.5. The Morgan fingerprint density at radius 2 is 2.10 bits per heavy atom. The van der Waals surface area contributed by atoms with Gasteiger partial charge in [-0.05, 0) is 38.8 Å². The van der Waals surface area contributed by atoms with Crippen LogP contribution in [-0.4, -0.2) is 59.5 Å². The van der Waals surface area contributed by atoms with Crippen molar-refractivity contribution in [2.75, 3.05) is 26.7 Å². The van der Waals surface area contributed by atoms with Gasteiger partial charge in [-0.2, -0.15) is 0 Å². The molecule has 0 spiro atoms. The molecule has 1 unspecified atom stereocenters. The van der Waals surface area contributed by atoms with Crippen LogP contribution in [-0.2, 0) is 4.79 Å². The molecule has 0 aromatic heterocycles. The van der Waals surface area contributed by atoms with E-state index in [0.717, 1.165) is 38.9 Å². The zero-order valence-electron chi connectivity index (χ0n) is 13.2. The molecular formula is C15H28N4O2. The number of carbonyl (C=O) groups excluding carboxylic acids is 1. The van der Waals surface area contributed by atoms with Gasteiger partial charge in [0.15, 0.2) is 5.84 Å². The Morgan fingerprint density at radius 3 is 2.67 bits per heavy atom. The van der Waals surface area contributed by atoms with Crippen molar-refractivity contribution >= 4 is 11.7 Å². The van der Waals surface area contributed by atoms with Crippen molar-refractivity contribution in [3.63, 3.8) is 0 Å². The minimum absolute atomic E-state index is 0.0123. The van der Waals surface area contributed by atoms with Gasteiger partial charge in [0.2, 0.25) is 5.91 Å². The van der Waals surface area contributed by atoms with E-state index in [1.165, 1.54) is 6.42 Å². The van der Waals surface area contributed by atoms with Crippen molar-refractivity contribution in [2.45, 2.75) is 51.5 Å². The van der Waals surface area contributed by atoms with Crippen LogP contribution in [0, 0.1) is 5.41 Å². The van der Waals surface area contributed by atoms with Crippen LogP contribution in [0.3, 0.4) is 0 Å². The van der Waals surface area contributed by atoms with E-state index in [0.29, 0.717) is 18.9 Å². The fraction of sp³-hybridized carbons (Fsp3) is 0.867. The number of amidine groups is 1. The van der Waals surface area contributed by atoms with Gasteiger partial charge < -0.3 is 15.8 Å². The Labute approximate surface area is 127 Å². The van der Waals surface area contributed by atoms with Gasteiger partial charge in [0.1, 0.15) is 5.41 Å². The molecule has 2 fully saturated rings. The molecular weight excluding hydrogens is 268 g/mol. The second kappa shape index (κ2) is 6.64. The van der Waals surface area contributed by atoms with Crippen molar-refractivity contribution in [3.05, 3.63) is 0 Å². The monoisotopic (exact) mass is 296 g/mol. The van der Waals surface area contributed by atoms with Crippen LogP contribution < -0.4 is 5.73 Å². The molecule has 1 atom stereocenters. The van der Waals surface area contributed by atoms with Gasteiger partial charge >= 0.3 is 0 Å². The average Bonchev–Trinajstić information content (AvgIpc) is 3.15. The van der Waals surface area contributed by atoms with E-state index in [1.807, 2.05) is 7.05 Å². The molecule has 2 rings (SSSR count). The van der Waals surface area contributed by atoms with E-state index in [-0.39, 0.29) is 11.7 Å². The van der Waals surface area contributed by atoms with E-state index >= 15 is 0 Å². The summed E-state index contributed by atoms with van der Waals surface area (Å²) in [5.74, 6) is 0.0915. The number of likely N-dealkylation sites (N-methyl/N-ethyl adjacent to an activating group) is 2. The number of carbonyl (C=O) groups is 1. The minimum atomic E-state index is -0.779. The lowest BCUT2D eigenvalue weighted by Crippen LogP contribution is -2.51. The summed E-state index contributed by atoms with van der Waals surface area (Å²) >= 11 is 0. The van der Waals surface area contributed by atoms with Gasteiger partial charge in [-0.15, -0.1) is 0 Å². The van der Waals surface area contributed by atoms with E-state index in [1.54, 1.807) is 4.90 Å². The molecule has 0 bridgehead atoms. The molecule has 21 heavy (non-hydrogen) atoms. The van der Waals surface area contributed by atoms with Crippen molar-refractivity contribution in [1.29, 1.82) is 0 Å². The predicted octanol–water partition coefficient (Wildman–Crippen LogP) is 1.24. The minimum Gasteiger partial charge on any atom is -0.409 e. The molecule has 0 radical (unpaired) electrons. The van der Waals surface area contributed by atoms with E-state index in [9.17, 15) is 4.79 Å². The number of nitrogens with two attached hydrogens (primary N) is 1. The van der Waals surface area contributed by atoms with Gasteiger partial charge in [-0.3, -0.25) is 9.69 Å². The lowest BCUT2D eigenvalue weighted by molar-refractivity contribution is -0.137. The maximum Gasteiger partial charge on any atom is 0.236 e. The quantitative estimate of drug-likeness (QED) is 0.346. The van der Waals surface area contributed by atoms with Crippen LogP contribution >= 0.6 is 0 Å². The highest BCUT2D eigenvalue weighted by Crippen LogP contribution is 2.40. The first-order valence-electron chi connectivity index (χ1n) is 8.02. The highest BCUT2D eigenvalue weighted by atomic mass is 16.4. The standard InChI is InChI=1S/C15H28N4O2/c1-3-19-10-6-7-12(19)11-18(2)14(20)15(13(16)17-21)8-4-5-9-15/h12,21H,3-11H2,1-2H3,(H2,16,17). The molecule has 1 amide bonds. The van der Waals surface area contributed by atoms with E-state index < -0.39 is 5.41 Å².